The van der Waals surface area contributed by atoms with Crippen molar-refractivity contribution in [2.24, 2.45) is 21.1 Å². The van der Waals surface area contributed by atoms with Crippen LogP contribution in [-0.4, -0.2) is 107 Å². The highest BCUT2D eigenvalue weighted by Gasteiger charge is 2.41. The lowest BCUT2D eigenvalue weighted by atomic mass is 9.96. The molecule has 40 heavy (non-hydrogen) atoms. The van der Waals surface area contributed by atoms with E-state index < -0.39 is 72.7 Å². The summed E-state index contributed by atoms with van der Waals surface area (Å²) < 4.78 is 4.04. The molecule has 2 aromatic rings. The summed E-state index contributed by atoms with van der Waals surface area (Å²) in [4.78, 5) is 88.1. The zero-order valence-corrected chi connectivity index (χ0v) is 21.0. The number of hydrogen-bond acceptors (Lipinski definition) is 11. The second kappa shape index (κ2) is 13.6. The Balaban J connectivity index is 0.000000572. The molecule has 8 N–H and O–H groups in total. The minimum atomic E-state index is -2.74. The summed E-state index contributed by atoms with van der Waals surface area (Å²) in [5.41, 5.74) is -5.30. The number of aromatic nitrogens is 4. The maximum atomic E-state index is 11.7. The van der Waals surface area contributed by atoms with E-state index in [9.17, 15) is 38.4 Å². The molecule has 0 aliphatic heterocycles. The topological polar surface area (TPSA) is 326 Å². The Kier molecular flexibility index (Phi) is 11.9. The highest BCUT2D eigenvalue weighted by atomic mass is 16.4. The lowest BCUT2D eigenvalue weighted by Gasteiger charge is -2.18. The molecule has 0 atom stereocenters. The molecule has 0 bridgehead atoms. The van der Waals surface area contributed by atoms with Gasteiger partial charge in [0.2, 0.25) is 0 Å². The van der Waals surface area contributed by atoms with Gasteiger partial charge in [0.1, 0.15) is 0 Å². The molecule has 2 aromatic heterocycles. The average molecular weight is 578 g/mol. The molecule has 0 saturated heterocycles. The third kappa shape index (κ3) is 9.33. The Labute approximate surface area is 221 Å². The Morgan fingerprint density at radius 2 is 1.00 bits per heavy atom. The molecule has 0 saturated carbocycles. The predicted octanol–water partition coefficient (Wildman–Crippen LogP) is -3.53. The van der Waals surface area contributed by atoms with Gasteiger partial charge in [0.25, 0.3) is 5.56 Å². The van der Waals surface area contributed by atoms with Crippen molar-refractivity contribution in [1.29, 1.82) is 0 Å². The first kappa shape index (κ1) is 34.9. The number of rotatable bonds is 10. The van der Waals surface area contributed by atoms with Crippen LogP contribution in [0.1, 0.15) is 25.7 Å². The smallest absolute Gasteiger partial charge is 0.336 e. The second-order valence-corrected chi connectivity index (χ2v) is 8.19. The Morgan fingerprint density at radius 3 is 1.27 bits per heavy atom. The van der Waals surface area contributed by atoms with Gasteiger partial charge in [-0.1, -0.05) is 0 Å². The van der Waals surface area contributed by atoms with Gasteiger partial charge in [-0.05, 0) is 0 Å². The largest absolute Gasteiger partial charge is 0.481 e. The molecule has 0 spiro atoms. The van der Waals surface area contributed by atoms with E-state index in [0.29, 0.717) is 11.2 Å². The molecule has 20 heteroatoms. The lowest BCUT2D eigenvalue weighted by molar-refractivity contribution is -0.170. The minimum absolute atomic E-state index is 0.317. The predicted molar refractivity (Wildman–Crippen MR) is 125 cm³/mol. The molecular weight excluding hydrogens is 552 g/mol. The Bertz CT molecular complexity index is 1350. The fraction of sp³-hybridized carbons (Fsp3) is 0.450. The molecule has 0 aliphatic carbocycles. The van der Waals surface area contributed by atoms with Crippen LogP contribution in [0.3, 0.4) is 0 Å². The van der Waals surface area contributed by atoms with E-state index in [1.807, 2.05) is 0 Å². The molecule has 0 amide bonds. The number of fused-ring (bicyclic) bond motifs is 1. The molecule has 20 nitrogen and oxygen atoms in total. The summed E-state index contributed by atoms with van der Waals surface area (Å²) in [6, 6.07) is 0. The van der Waals surface area contributed by atoms with Crippen molar-refractivity contribution < 1.29 is 69.6 Å². The molecule has 2 heterocycles. The number of carboxylic acid groups (broad SMARTS) is 6. The summed E-state index contributed by atoms with van der Waals surface area (Å²) in [5.74, 6) is -10.0. The van der Waals surface area contributed by atoms with Crippen LogP contribution in [0.15, 0.2) is 15.9 Å². The highest BCUT2D eigenvalue weighted by Crippen LogP contribution is 2.16. The quantitative estimate of drug-likeness (QED) is 0.135. The van der Waals surface area contributed by atoms with Crippen LogP contribution in [0.4, 0.5) is 0 Å². The first-order valence-electron chi connectivity index (χ1n) is 10.4. The summed E-state index contributed by atoms with van der Waals surface area (Å²) in [5, 5.41) is 67.6. The number of carboxylic acids is 6. The van der Waals surface area contributed by atoms with Gasteiger partial charge in [-0.3, -0.25) is 33.1 Å². The maximum Gasteiger partial charge on any atom is 0.336 e. The van der Waals surface area contributed by atoms with E-state index in [2.05, 4.69) is 4.98 Å². The van der Waals surface area contributed by atoms with Crippen molar-refractivity contribution in [1.82, 2.24) is 18.7 Å². The number of aliphatic hydroxyl groups is 2. The monoisotopic (exact) mass is 578 g/mol. The minimum Gasteiger partial charge on any atom is -0.481 e. The first-order chi connectivity index (χ1) is 18.1. The van der Waals surface area contributed by atoms with Crippen molar-refractivity contribution in [3.63, 3.8) is 0 Å². The van der Waals surface area contributed by atoms with Gasteiger partial charge in [0.05, 0.1) is 32.0 Å². The van der Waals surface area contributed by atoms with Gasteiger partial charge < -0.3 is 45.4 Å². The van der Waals surface area contributed by atoms with Gasteiger partial charge in [-0.15, -0.1) is 0 Å². The van der Waals surface area contributed by atoms with Gasteiger partial charge in [-0.25, -0.2) is 19.4 Å². The number of hydrogen-bond donors (Lipinski definition) is 8. The highest BCUT2D eigenvalue weighted by molar-refractivity contribution is 5.88. The fourth-order valence-electron chi connectivity index (χ4n) is 2.90. The fourth-order valence-corrected chi connectivity index (χ4v) is 2.90. The van der Waals surface area contributed by atoms with E-state index in [0.717, 1.165) is 4.57 Å². The van der Waals surface area contributed by atoms with Crippen molar-refractivity contribution in [3.05, 3.63) is 27.2 Å². The molecule has 2 rings (SSSR count). The average Bonchev–Trinajstić information content (AvgIpc) is 3.16. The molecule has 0 radical (unpaired) electrons. The van der Waals surface area contributed by atoms with E-state index in [4.69, 9.17) is 40.9 Å². The van der Waals surface area contributed by atoms with Crippen LogP contribution in [0.2, 0.25) is 0 Å². The number of aliphatic carboxylic acids is 6. The van der Waals surface area contributed by atoms with Crippen molar-refractivity contribution in [2.75, 3.05) is 0 Å². The maximum absolute atomic E-state index is 11.7. The second-order valence-electron chi connectivity index (χ2n) is 8.19. The van der Waals surface area contributed by atoms with Gasteiger partial charge >= 0.3 is 41.5 Å². The van der Waals surface area contributed by atoms with Gasteiger partial charge in [0, 0.05) is 21.1 Å². The molecule has 0 aliphatic rings. The first-order valence-corrected chi connectivity index (χ1v) is 10.4. The number of carbonyl (C=O) groups is 6. The number of aryl methyl sites for hydroxylation is 2. The summed E-state index contributed by atoms with van der Waals surface area (Å²) in [6.45, 7) is 0. The van der Waals surface area contributed by atoms with Crippen LogP contribution < -0.4 is 11.2 Å². The van der Waals surface area contributed by atoms with Gasteiger partial charge in [0.15, 0.2) is 22.4 Å². The molecule has 222 valence electrons. The molecule has 0 fully saturated rings. The molecular formula is C20H26N4O16. The Morgan fingerprint density at radius 1 is 0.675 bits per heavy atom. The van der Waals surface area contributed by atoms with Crippen LogP contribution in [0, 0.1) is 0 Å². The Hall–Kier alpha value is -5.11. The number of imidazole rings is 1. The molecule has 0 aromatic carbocycles. The normalized spacial score (nSPS) is 10.9. The van der Waals surface area contributed by atoms with Crippen molar-refractivity contribution >= 4 is 47.0 Å². The van der Waals surface area contributed by atoms with E-state index in [1.54, 1.807) is 18.7 Å². The summed E-state index contributed by atoms with van der Waals surface area (Å²) in [6.07, 6.45) is -3.06. The third-order valence-electron chi connectivity index (χ3n) is 4.89. The summed E-state index contributed by atoms with van der Waals surface area (Å²) in [7, 11) is 4.77. The molecule has 0 unspecified atom stereocenters. The van der Waals surface area contributed by atoms with Crippen molar-refractivity contribution in [3.8, 4) is 0 Å². The third-order valence-corrected chi connectivity index (χ3v) is 4.89. The SMILES string of the molecule is Cn1c(=O)c2c(ncn2C)n(C)c1=O.O=C(O)CC(O)(CC(=O)O)C(=O)O.O=C(O)CC(O)(CC(=O)O)C(=O)O. The van der Waals surface area contributed by atoms with Crippen LogP contribution in [0.5, 0.6) is 0 Å². The lowest BCUT2D eigenvalue weighted by Crippen LogP contribution is -2.42. The standard InChI is InChI=1S/C8H10N4O2.2C6H8O7/c1-10-4-9-6-5(10)7(13)12(3)8(14)11(6)2;2*7-3(8)1-6(13,5(11)12)2-4(9)10/h4H,1-3H3;2*13H,1-2H2,(H,7,8)(H,9,10)(H,11,12). The zero-order chi connectivity index (χ0) is 31.7. The van der Waals surface area contributed by atoms with E-state index in [-0.39, 0.29) is 11.2 Å². The number of nitrogens with zero attached hydrogens (tertiary/aromatic N) is 4. The van der Waals surface area contributed by atoms with Gasteiger partial charge in [-0.2, -0.15) is 0 Å². The summed E-state index contributed by atoms with van der Waals surface area (Å²) >= 11 is 0. The zero-order valence-electron chi connectivity index (χ0n) is 21.0. The van der Waals surface area contributed by atoms with Crippen LogP contribution in [0.25, 0.3) is 11.2 Å². The van der Waals surface area contributed by atoms with Crippen molar-refractivity contribution in [2.45, 2.75) is 36.9 Å². The van der Waals surface area contributed by atoms with E-state index >= 15 is 0 Å². The van der Waals surface area contributed by atoms with Crippen LogP contribution in [-0.2, 0) is 49.9 Å². The van der Waals surface area contributed by atoms with E-state index in [1.165, 1.54) is 17.9 Å². The van der Waals surface area contributed by atoms with Crippen LogP contribution >= 0.6 is 0 Å².